The maximum Gasteiger partial charge on any atom is 0.326 e. The molecule has 0 saturated heterocycles. The normalized spacial score (nSPS) is 11.1. The number of methoxy groups -OCH3 is 3. The third-order valence-corrected chi connectivity index (χ3v) is 5.21. The van der Waals surface area contributed by atoms with Crippen molar-refractivity contribution in [3.8, 4) is 17.2 Å². The van der Waals surface area contributed by atoms with E-state index in [4.69, 9.17) is 18.9 Å². The van der Waals surface area contributed by atoms with Gasteiger partial charge in [-0.3, -0.25) is 14.4 Å². The number of nitrogens with one attached hydrogen (secondary N) is 2. The van der Waals surface area contributed by atoms with Gasteiger partial charge >= 0.3 is 5.97 Å². The zero-order chi connectivity index (χ0) is 26.1. The molecule has 188 valence electrons. The van der Waals surface area contributed by atoms with Gasteiger partial charge in [-0.05, 0) is 36.8 Å². The van der Waals surface area contributed by atoms with Crippen molar-refractivity contribution in [2.24, 2.45) is 0 Å². The van der Waals surface area contributed by atoms with Gasteiger partial charge in [-0.15, -0.1) is 0 Å². The number of hydrogen-bond donors (Lipinski definition) is 2. The number of carbonyl (C=O) groups is 3. The van der Waals surface area contributed by atoms with Gasteiger partial charge < -0.3 is 29.6 Å². The van der Waals surface area contributed by atoms with Crippen molar-refractivity contribution in [3.63, 3.8) is 0 Å². The van der Waals surface area contributed by atoms with Crippen molar-refractivity contribution in [2.75, 3.05) is 33.2 Å². The minimum atomic E-state index is -1.25. The first kappa shape index (κ1) is 26.1. The fourth-order valence-electron chi connectivity index (χ4n) is 3.38. The van der Waals surface area contributed by atoms with Gasteiger partial charge in [0.1, 0.15) is 23.8 Å². The molecule has 0 saturated carbocycles. The van der Waals surface area contributed by atoms with Crippen LogP contribution >= 0.6 is 0 Å². The molecule has 0 aliphatic carbocycles. The molecule has 0 spiro atoms. The van der Waals surface area contributed by atoms with Gasteiger partial charge in [0.25, 0.3) is 11.8 Å². The number of aryl methyl sites for hydroxylation is 1. The second-order valence-corrected chi connectivity index (χ2v) is 7.76. The Morgan fingerprint density at radius 1 is 0.833 bits per heavy atom. The van der Waals surface area contributed by atoms with E-state index in [1.54, 1.807) is 48.5 Å². The molecule has 0 radical (unpaired) electrons. The van der Waals surface area contributed by atoms with Gasteiger partial charge in [-0.1, -0.05) is 36.4 Å². The summed E-state index contributed by atoms with van der Waals surface area (Å²) in [7, 11) is 4.43. The Kier molecular flexibility index (Phi) is 8.88. The minimum absolute atomic E-state index is 0.239. The van der Waals surface area contributed by atoms with Crippen molar-refractivity contribution in [1.29, 1.82) is 0 Å². The molecule has 0 aromatic heterocycles. The molecule has 1 unspecified atom stereocenters. The topological polar surface area (TPSA) is 112 Å². The van der Waals surface area contributed by atoms with Crippen molar-refractivity contribution in [3.05, 3.63) is 83.4 Å². The lowest BCUT2D eigenvalue weighted by Crippen LogP contribution is -2.33. The largest absolute Gasteiger partial charge is 0.497 e. The van der Waals surface area contributed by atoms with Gasteiger partial charge in [-0.25, -0.2) is 0 Å². The molecule has 3 aromatic carbocycles. The summed E-state index contributed by atoms with van der Waals surface area (Å²) in [6.07, 6.45) is -1.25. The Morgan fingerprint density at radius 2 is 1.50 bits per heavy atom. The first-order chi connectivity index (χ1) is 17.3. The number of esters is 1. The Morgan fingerprint density at radius 3 is 2.11 bits per heavy atom. The van der Waals surface area contributed by atoms with Crippen molar-refractivity contribution >= 4 is 23.5 Å². The molecule has 9 nitrogen and oxygen atoms in total. The molecule has 2 N–H and O–H groups in total. The van der Waals surface area contributed by atoms with E-state index in [0.29, 0.717) is 28.5 Å². The van der Waals surface area contributed by atoms with Crippen LogP contribution in [-0.2, 0) is 14.3 Å². The number of carbonyl (C=O) groups excluding carboxylic acids is 3. The van der Waals surface area contributed by atoms with E-state index in [9.17, 15) is 14.4 Å². The van der Waals surface area contributed by atoms with Gasteiger partial charge in [0.05, 0.1) is 27.0 Å². The van der Waals surface area contributed by atoms with Crippen LogP contribution in [0.3, 0.4) is 0 Å². The lowest BCUT2D eigenvalue weighted by atomic mass is 10.1. The zero-order valence-corrected chi connectivity index (χ0v) is 20.5. The lowest BCUT2D eigenvalue weighted by molar-refractivity contribution is -0.153. The SMILES string of the molecule is COc1cc(OC)cc(C(=O)NCC(=O)OC(C(=O)Nc2cc(C)ccc2OC)c2ccccc2)c1. The van der Waals surface area contributed by atoms with E-state index in [0.717, 1.165) is 5.56 Å². The third kappa shape index (κ3) is 6.75. The highest BCUT2D eigenvalue weighted by molar-refractivity contribution is 5.99. The molecular weight excluding hydrogens is 464 g/mol. The fraction of sp³-hybridized carbons (Fsp3) is 0.222. The third-order valence-electron chi connectivity index (χ3n) is 5.21. The van der Waals surface area contributed by atoms with Crippen LogP contribution in [-0.4, -0.2) is 45.7 Å². The van der Waals surface area contributed by atoms with Gasteiger partial charge in [0, 0.05) is 17.2 Å². The average Bonchev–Trinajstić information content (AvgIpc) is 2.90. The van der Waals surface area contributed by atoms with Crippen LogP contribution in [0, 0.1) is 6.92 Å². The number of rotatable bonds is 10. The van der Waals surface area contributed by atoms with Gasteiger partial charge in [-0.2, -0.15) is 0 Å². The summed E-state index contributed by atoms with van der Waals surface area (Å²) in [5.41, 5.74) is 2.07. The summed E-state index contributed by atoms with van der Waals surface area (Å²) < 4.78 is 21.2. The second kappa shape index (κ2) is 12.3. The quantitative estimate of drug-likeness (QED) is 0.415. The number of anilines is 1. The number of hydrogen-bond acceptors (Lipinski definition) is 7. The molecule has 3 rings (SSSR count). The second-order valence-electron chi connectivity index (χ2n) is 7.76. The first-order valence-electron chi connectivity index (χ1n) is 11.1. The van der Waals surface area contributed by atoms with Crippen molar-refractivity contribution in [1.82, 2.24) is 5.32 Å². The molecule has 0 aliphatic rings. The maximum atomic E-state index is 13.2. The highest BCUT2D eigenvalue weighted by atomic mass is 16.5. The van der Waals surface area contributed by atoms with Gasteiger partial charge in [0.2, 0.25) is 6.10 Å². The van der Waals surface area contributed by atoms with Crippen LogP contribution in [0.5, 0.6) is 17.2 Å². The molecule has 1 atom stereocenters. The van der Waals surface area contributed by atoms with Gasteiger partial charge in [0.15, 0.2) is 0 Å². The molecule has 2 amide bonds. The summed E-state index contributed by atoms with van der Waals surface area (Å²) in [6, 6.07) is 18.6. The Hall–Kier alpha value is -4.53. The average molecular weight is 493 g/mol. The summed E-state index contributed by atoms with van der Waals surface area (Å²) in [6.45, 7) is 1.42. The number of benzene rings is 3. The molecule has 36 heavy (non-hydrogen) atoms. The number of ether oxygens (including phenoxy) is 4. The van der Waals surface area contributed by atoms with E-state index >= 15 is 0 Å². The fourth-order valence-corrected chi connectivity index (χ4v) is 3.38. The standard InChI is InChI=1S/C27H28N2O7/c1-17-10-11-23(35-4)22(12-17)29-27(32)25(18-8-6-5-7-9-18)36-24(30)16-28-26(31)19-13-20(33-2)15-21(14-19)34-3/h5-15,25H,16H2,1-4H3,(H,28,31)(H,29,32). The highest BCUT2D eigenvalue weighted by Gasteiger charge is 2.26. The van der Waals surface area contributed by atoms with Crippen molar-refractivity contribution < 1.29 is 33.3 Å². The summed E-state index contributed by atoms with van der Waals surface area (Å²) in [5, 5.41) is 5.26. The van der Waals surface area contributed by atoms with E-state index in [-0.39, 0.29) is 5.56 Å². The molecule has 0 aliphatic heterocycles. The number of amides is 2. The Bertz CT molecular complexity index is 1210. The maximum absolute atomic E-state index is 13.2. The smallest absolute Gasteiger partial charge is 0.326 e. The molecule has 0 heterocycles. The predicted octanol–water partition coefficient (Wildman–Crippen LogP) is 3.67. The highest BCUT2D eigenvalue weighted by Crippen LogP contribution is 2.28. The van der Waals surface area contributed by atoms with Crippen LogP contribution < -0.4 is 24.8 Å². The molecule has 3 aromatic rings. The molecule has 0 fully saturated rings. The van der Waals surface area contributed by atoms with Crippen LogP contribution in [0.25, 0.3) is 0 Å². The summed E-state index contributed by atoms with van der Waals surface area (Å²) in [5.74, 6) is -0.577. The molecular formula is C27H28N2O7. The van der Waals surface area contributed by atoms with E-state index in [1.807, 2.05) is 13.0 Å². The first-order valence-corrected chi connectivity index (χ1v) is 11.1. The monoisotopic (exact) mass is 492 g/mol. The van der Waals surface area contributed by atoms with Crippen LogP contribution in [0.4, 0.5) is 5.69 Å². The Labute approximate surface area is 209 Å². The van der Waals surface area contributed by atoms with Crippen LogP contribution in [0.2, 0.25) is 0 Å². The van der Waals surface area contributed by atoms with Crippen LogP contribution in [0.1, 0.15) is 27.6 Å². The lowest BCUT2D eigenvalue weighted by Gasteiger charge is -2.19. The summed E-state index contributed by atoms with van der Waals surface area (Å²) >= 11 is 0. The summed E-state index contributed by atoms with van der Waals surface area (Å²) in [4.78, 5) is 38.4. The van der Waals surface area contributed by atoms with E-state index in [1.165, 1.54) is 33.5 Å². The predicted molar refractivity (Wildman–Crippen MR) is 134 cm³/mol. The molecule has 0 bridgehead atoms. The van der Waals surface area contributed by atoms with E-state index in [2.05, 4.69) is 10.6 Å². The van der Waals surface area contributed by atoms with E-state index < -0.39 is 30.4 Å². The van der Waals surface area contributed by atoms with Crippen molar-refractivity contribution in [2.45, 2.75) is 13.0 Å². The minimum Gasteiger partial charge on any atom is -0.497 e. The zero-order valence-electron chi connectivity index (χ0n) is 20.5. The van der Waals surface area contributed by atoms with Crippen LogP contribution in [0.15, 0.2) is 66.7 Å². The molecule has 9 heteroatoms. The Balaban J connectivity index is 1.72.